The lowest BCUT2D eigenvalue weighted by Crippen LogP contribution is -2.35. The number of fused-ring (bicyclic) bond motifs is 1. The summed E-state index contributed by atoms with van der Waals surface area (Å²) in [4.78, 5) is 7.01. The van der Waals surface area contributed by atoms with Gasteiger partial charge in [-0.15, -0.1) is 0 Å². The molecule has 0 amide bonds. The molecule has 1 aliphatic heterocycles. The molecule has 1 saturated heterocycles. The third-order valence-corrected chi connectivity index (χ3v) is 4.53. The Balaban J connectivity index is 2.01. The first kappa shape index (κ1) is 15.1. The van der Waals surface area contributed by atoms with Crippen molar-refractivity contribution < 1.29 is 0 Å². The second-order valence-electron chi connectivity index (χ2n) is 5.88. The smallest absolute Gasteiger partial charge is 0.138 e. The van der Waals surface area contributed by atoms with Crippen LogP contribution in [-0.4, -0.2) is 37.2 Å². The van der Waals surface area contributed by atoms with Crippen molar-refractivity contribution in [3.63, 3.8) is 0 Å². The summed E-state index contributed by atoms with van der Waals surface area (Å²) >= 11 is 0. The van der Waals surface area contributed by atoms with E-state index in [4.69, 9.17) is 0 Å². The molecule has 1 aromatic heterocycles. The van der Waals surface area contributed by atoms with E-state index in [1.165, 1.54) is 29.3 Å². The van der Waals surface area contributed by atoms with Gasteiger partial charge in [0, 0.05) is 36.4 Å². The maximum atomic E-state index is 4.68. The number of nitrogens with one attached hydrogen (secondary N) is 2. The third-order valence-electron chi connectivity index (χ3n) is 4.53. The summed E-state index contributed by atoms with van der Waals surface area (Å²) < 4.78 is 0. The maximum absolute atomic E-state index is 4.68. The quantitative estimate of drug-likeness (QED) is 0.889. The lowest BCUT2D eigenvalue weighted by Gasteiger charge is -2.27. The Morgan fingerprint density at radius 3 is 2.68 bits per heavy atom. The number of nitrogens with zero attached hydrogens (tertiary/aromatic N) is 2. The number of hydrogen-bond acceptors (Lipinski definition) is 4. The molecule has 22 heavy (non-hydrogen) atoms. The molecule has 4 nitrogen and oxygen atoms in total. The van der Waals surface area contributed by atoms with Crippen LogP contribution < -0.4 is 15.5 Å². The van der Waals surface area contributed by atoms with Crippen molar-refractivity contribution in [3.8, 4) is 0 Å². The Morgan fingerprint density at radius 1 is 1.18 bits per heavy atom. The van der Waals surface area contributed by atoms with E-state index < -0.39 is 0 Å². The summed E-state index contributed by atoms with van der Waals surface area (Å²) in [7, 11) is 0. The molecule has 2 aromatic rings. The van der Waals surface area contributed by atoms with Gasteiger partial charge in [0.25, 0.3) is 0 Å². The van der Waals surface area contributed by atoms with Gasteiger partial charge in [0.1, 0.15) is 5.82 Å². The summed E-state index contributed by atoms with van der Waals surface area (Å²) in [5.41, 5.74) is 1.22. The summed E-state index contributed by atoms with van der Waals surface area (Å²) in [5.74, 6) is 1.10. The van der Waals surface area contributed by atoms with Gasteiger partial charge in [0.15, 0.2) is 0 Å². The Morgan fingerprint density at radius 2 is 1.95 bits per heavy atom. The van der Waals surface area contributed by atoms with Gasteiger partial charge in [-0.3, -0.25) is 0 Å². The molecule has 4 heteroatoms. The number of anilines is 2. The van der Waals surface area contributed by atoms with Gasteiger partial charge in [-0.1, -0.05) is 12.1 Å². The van der Waals surface area contributed by atoms with E-state index in [0.29, 0.717) is 6.04 Å². The summed E-state index contributed by atoms with van der Waals surface area (Å²) in [6.07, 6.45) is 4.28. The van der Waals surface area contributed by atoms with Crippen LogP contribution in [0.1, 0.15) is 26.7 Å². The van der Waals surface area contributed by atoms with E-state index in [2.05, 4.69) is 58.6 Å². The van der Waals surface area contributed by atoms with Crippen LogP contribution in [0.2, 0.25) is 0 Å². The van der Waals surface area contributed by atoms with Crippen LogP contribution in [0, 0.1) is 0 Å². The number of pyridine rings is 1. The SMILES string of the molecule is CCN(CC)c1nccc2cccc(NC3CCNCC3)c12. The van der Waals surface area contributed by atoms with E-state index in [0.717, 1.165) is 32.0 Å². The van der Waals surface area contributed by atoms with Gasteiger partial charge in [-0.25, -0.2) is 4.98 Å². The topological polar surface area (TPSA) is 40.2 Å². The summed E-state index contributed by atoms with van der Waals surface area (Å²) in [6, 6.07) is 9.17. The molecule has 2 N–H and O–H groups in total. The molecule has 0 radical (unpaired) electrons. The number of aromatic nitrogens is 1. The molecule has 0 unspecified atom stereocenters. The molecule has 0 saturated carbocycles. The summed E-state index contributed by atoms with van der Waals surface area (Å²) in [5, 5.41) is 9.70. The monoisotopic (exact) mass is 298 g/mol. The lowest BCUT2D eigenvalue weighted by atomic mass is 10.0. The highest BCUT2D eigenvalue weighted by Crippen LogP contribution is 2.32. The van der Waals surface area contributed by atoms with Crippen molar-refractivity contribution in [2.75, 3.05) is 36.4 Å². The molecule has 0 bridgehead atoms. The number of benzene rings is 1. The van der Waals surface area contributed by atoms with Gasteiger partial charge < -0.3 is 15.5 Å². The fraction of sp³-hybridized carbons (Fsp3) is 0.500. The molecule has 0 aliphatic carbocycles. The molecule has 1 fully saturated rings. The van der Waals surface area contributed by atoms with Crippen LogP contribution in [0.15, 0.2) is 30.5 Å². The van der Waals surface area contributed by atoms with Gasteiger partial charge in [0.2, 0.25) is 0 Å². The number of rotatable bonds is 5. The van der Waals surface area contributed by atoms with Gasteiger partial charge in [-0.05, 0) is 57.3 Å². The van der Waals surface area contributed by atoms with Crippen LogP contribution >= 0.6 is 0 Å². The molecule has 1 aliphatic rings. The fourth-order valence-corrected chi connectivity index (χ4v) is 3.28. The molecule has 1 aromatic carbocycles. The van der Waals surface area contributed by atoms with Crippen LogP contribution in [0.4, 0.5) is 11.5 Å². The lowest BCUT2D eigenvalue weighted by molar-refractivity contribution is 0.479. The minimum atomic E-state index is 0.552. The van der Waals surface area contributed by atoms with Crippen molar-refractivity contribution in [3.05, 3.63) is 30.5 Å². The molecule has 0 spiro atoms. The number of hydrogen-bond donors (Lipinski definition) is 2. The predicted molar refractivity (Wildman–Crippen MR) is 94.8 cm³/mol. The Labute approximate surface area is 132 Å². The van der Waals surface area contributed by atoms with E-state index >= 15 is 0 Å². The highest BCUT2D eigenvalue weighted by atomic mass is 15.2. The largest absolute Gasteiger partial charge is 0.382 e. The highest BCUT2D eigenvalue weighted by molar-refractivity contribution is 6.01. The van der Waals surface area contributed by atoms with E-state index in [1.807, 2.05) is 6.20 Å². The first-order valence-corrected chi connectivity index (χ1v) is 8.43. The van der Waals surface area contributed by atoms with Crippen molar-refractivity contribution in [2.24, 2.45) is 0 Å². The standard InChI is InChI=1S/C18H26N4/c1-3-22(4-2)18-17-14(8-13-20-18)6-5-7-16(17)21-15-9-11-19-12-10-15/h5-8,13,15,19,21H,3-4,9-12H2,1-2H3. The van der Waals surface area contributed by atoms with Crippen LogP contribution in [0.3, 0.4) is 0 Å². The first-order valence-electron chi connectivity index (χ1n) is 8.43. The van der Waals surface area contributed by atoms with Crippen LogP contribution in [0.25, 0.3) is 10.8 Å². The number of piperidine rings is 1. The Kier molecular flexibility index (Phi) is 4.78. The average Bonchev–Trinajstić information content (AvgIpc) is 2.57. The molecule has 0 atom stereocenters. The average molecular weight is 298 g/mol. The van der Waals surface area contributed by atoms with Crippen molar-refractivity contribution in [1.29, 1.82) is 0 Å². The third kappa shape index (κ3) is 3.02. The molecular weight excluding hydrogens is 272 g/mol. The van der Waals surface area contributed by atoms with Gasteiger partial charge in [-0.2, -0.15) is 0 Å². The van der Waals surface area contributed by atoms with Crippen LogP contribution in [-0.2, 0) is 0 Å². The second kappa shape index (κ2) is 6.97. The van der Waals surface area contributed by atoms with E-state index in [9.17, 15) is 0 Å². The van der Waals surface area contributed by atoms with E-state index in [-0.39, 0.29) is 0 Å². The maximum Gasteiger partial charge on any atom is 0.138 e. The minimum absolute atomic E-state index is 0.552. The van der Waals surface area contributed by atoms with Crippen molar-refractivity contribution in [2.45, 2.75) is 32.7 Å². The second-order valence-corrected chi connectivity index (χ2v) is 5.88. The van der Waals surface area contributed by atoms with Gasteiger partial charge in [0.05, 0.1) is 0 Å². The minimum Gasteiger partial charge on any atom is -0.382 e. The molecular formula is C18H26N4. The van der Waals surface area contributed by atoms with Gasteiger partial charge >= 0.3 is 0 Å². The fourth-order valence-electron chi connectivity index (χ4n) is 3.28. The van der Waals surface area contributed by atoms with Crippen molar-refractivity contribution in [1.82, 2.24) is 10.3 Å². The summed E-state index contributed by atoms with van der Waals surface area (Å²) in [6.45, 7) is 8.53. The highest BCUT2D eigenvalue weighted by Gasteiger charge is 2.16. The van der Waals surface area contributed by atoms with Crippen LogP contribution in [0.5, 0.6) is 0 Å². The zero-order valence-corrected chi connectivity index (χ0v) is 13.6. The molecule has 2 heterocycles. The normalized spacial score (nSPS) is 15.9. The Bertz CT molecular complexity index is 610. The molecule has 118 valence electrons. The Hall–Kier alpha value is -1.81. The molecule has 3 rings (SSSR count). The zero-order chi connectivity index (χ0) is 15.4. The van der Waals surface area contributed by atoms with Crippen molar-refractivity contribution >= 4 is 22.3 Å². The van der Waals surface area contributed by atoms with E-state index in [1.54, 1.807) is 0 Å². The first-order chi connectivity index (χ1) is 10.8. The predicted octanol–water partition coefficient (Wildman–Crippen LogP) is 3.24. The zero-order valence-electron chi connectivity index (χ0n) is 13.6.